The Labute approximate surface area is 247 Å². The number of halogens is 1. The maximum Gasteiger partial charge on any atom is 0.266 e. The number of nitrogens with one attached hydrogen (secondary N) is 2. The van der Waals surface area contributed by atoms with Crippen LogP contribution in [0.5, 0.6) is 5.75 Å². The van der Waals surface area contributed by atoms with Crippen molar-refractivity contribution in [2.45, 2.75) is 24.4 Å². The minimum atomic E-state index is -1.18. The number of nitrogens with zero attached hydrogens (tertiary/aromatic N) is 1. The largest absolute Gasteiger partial charge is 0.494 e. The Bertz CT molecular complexity index is 1540. The molecule has 0 spiro atoms. The van der Waals surface area contributed by atoms with Crippen molar-refractivity contribution in [2.75, 3.05) is 19.8 Å². The molecular weight excluding hydrogens is 582 g/mol. The monoisotopic (exact) mass is 611 g/mol. The summed E-state index contributed by atoms with van der Waals surface area (Å²) in [6.45, 7) is 0.619. The standard InChI is InChI=1S/C33H30BrN3O4/c34-29-13-6-1-8-23(29)20-33(21-41-31(35-33)22-14-16-24(17-15-22)40-19-7-18-38)32(39)37-36-30-27-11-4-2-9-25(27)26-10-3-5-12-28(26)30/h1-6,8-17,30,36,38H,7,18-21H2,(H,37,39)/t33-/m0/s1. The number of hydrogen-bond acceptors (Lipinski definition) is 6. The minimum absolute atomic E-state index is 0.0824. The van der Waals surface area contributed by atoms with Gasteiger partial charge >= 0.3 is 0 Å². The first kappa shape index (κ1) is 27.2. The number of aliphatic imine (C=N–C) groups is 1. The predicted octanol–water partition coefficient (Wildman–Crippen LogP) is 5.36. The van der Waals surface area contributed by atoms with Crippen molar-refractivity contribution >= 4 is 27.7 Å². The normalized spacial score (nSPS) is 17.4. The fraction of sp³-hybridized carbons (Fsp3) is 0.212. The van der Waals surface area contributed by atoms with Crippen molar-refractivity contribution in [3.05, 3.63) is 124 Å². The lowest BCUT2D eigenvalue weighted by Gasteiger charge is -2.25. The van der Waals surface area contributed by atoms with Crippen molar-refractivity contribution in [1.29, 1.82) is 0 Å². The minimum Gasteiger partial charge on any atom is -0.494 e. The molecule has 1 aliphatic carbocycles. The first-order chi connectivity index (χ1) is 20.1. The lowest BCUT2D eigenvalue weighted by Crippen LogP contribution is -2.53. The number of amides is 1. The van der Waals surface area contributed by atoms with E-state index in [-0.39, 0.29) is 25.2 Å². The Balaban J connectivity index is 1.27. The van der Waals surface area contributed by atoms with Crippen molar-refractivity contribution in [2.24, 2.45) is 4.99 Å². The molecule has 0 bridgehead atoms. The van der Waals surface area contributed by atoms with Crippen molar-refractivity contribution in [3.63, 3.8) is 0 Å². The van der Waals surface area contributed by atoms with Gasteiger partial charge in [-0.25, -0.2) is 10.4 Å². The fourth-order valence-electron chi connectivity index (χ4n) is 5.35. The Hall–Kier alpha value is -3.98. The summed E-state index contributed by atoms with van der Waals surface area (Å²) in [6.07, 6.45) is 0.919. The number of hydrogen-bond donors (Lipinski definition) is 3. The van der Waals surface area contributed by atoms with E-state index in [0.29, 0.717) is 31.1 Å². The quantitative estimate of drug-likeness (QED) is 0.166. The van der Waals surface area contributed by atoms with Crippen molar-refractivity contribution < 1.29 is 19.4 Å². The number of aliphatic hydroxyl groups excluding tert-OH is 1. The van der Waals surface area contributed by atoms with E-state index in [2.05, 4.69) is 51.0 Å². The van der Waals surface area contributed by atoms with Crippen LogP contribution >= 0.6 is 15.9 Å². The number of ether oxygens (including phenoxy) is 2. The van der Waals surface area contributed by atoms with E-state index in [4.69, 9.17) is 19.6 Å². The van der Waals surface area contributed by atoms with Gasteiger partial charge in [-0.1, -0.05) is 82.7 Å². The van der Waals surface area contributed by atoms with Crippen LogP contribution in [0, 0.1) is 0 Å². The third kappa shape index (κ3) is 5.51. The Morgan fingerprint density at radius 1 is 0.951 bits per heavy atom. The summed E-state index contributed by atoms with van der Waals surface area (Å²) in [7, 11) is 0. The van der Waals surface area contributed by atoms with Gasteiger partial charge in [0.1, 0.15) is 12.4 Å². The van der Waals surface area contributed by atoms with E-state index in [1.165, 1.54) is 0 Å². The molecule has 0 fully saturated rings. The summed E-state index contributed by atoms with van der Waals surface area (Å²) < 4.78 is 12.6. The highest BCUT2D eigenvalue weighted by atomic mass is 79.9. The summed E-state index contributed by atoms with van der Waals surface area (Å²) in [4.78, 5) is 18.9. The van der Waals surface area contributed by atoms with Gasteiger partial charge in [-0.05, 0) is 58.1 Å². The number of carbonyl (C=O) groups is 1. The van der Waals surface area contributed by atoms with E-state index < -0.39 is 5.54 Å². The highest BCUT2D eigenvalue weighted by Crippen LogP contribution is 2.42. The summed E-state index contributed by atoms with van der Waals surface area (Å²) >= 11 is 3.63. The number of aliphatic hydroxyl groups is 1. The Morgan fingerprint density at radius 3 is 2.29 bits per heavy atom. The molecule has 0 aromatic heterocycles. The van der Waals surface area contributed by atoms with E-state index >= 15 is 0 Å². The maximum atomic E-state index is 14.0. The number of rotatable bonds is 10. The van der Waals surface area contributed by atoms with Gasteiger partial charge in [0.25, 0.3) is 5.91 Å². The van der Waals surface area contributed by atoms with Gasteiger partial charge in [0.05, 0.1) is 12.6 Å². The van der Waals surface area contributed by atoms with E-state index in [0.717, 1.165) is 37.9 Å². The Morgan fingerprint density at radius 2 is 1.61 bits per heavy atom. The molecule has 0 unspecified atom stereocenters. The molecule has 4 aromatic carbocycles. The predicted molar refractivity (Wildman–Crippen MR) is 162 cm³/mol. The molecule has 0 saturated carbocycles. The average molecular weight is 613 g/mol. The molecule has 6 rings (SSSR count). The van der Waals surface area contributed by atoms with Gasteiger partial charge in [-0.2, -0.15) is 0 Å². The first-order valence-electron chi connectivity index (χ1n) is 13.6. The molecule has 2 aliphatic rings. The van der Waals surface area contributed by atoms with Crippen LogP contribution in [0.3, 0.4) is 0 Å². The van der Waals surface area contributed by atoms with Crippen molar-refractivity contribution in [3.8, 4) is 16.9 Å². The summed E-state index contributed by atoms with van der Waals surface area (Å²) in [5.41, 5.74) is 11.4. The fourth-order valence-corrected chi connectivity index (χ4v) is 5.78. The first-order valence-corrected chi connectivity index (χ1v) is 14.4. The third-order valence-corrected chi connectivity index (χ3v) is 8.24. The topological polar surface area (TPSA) is 92.2 Å². The number of fused-ring (bicyclic) bond motifs is 3. The molecule has 4 aromatic rings. The van der Waals surface area contributed by atoms with Gasteiger partial charge in [0.2, 0.25) is 5.90 Å². The van der Waals surface area contributed by atoms with Crippen LogP contribution in [0.4, 0.5) is 0 Å². The molecule has 1 atom stereocenters. The molecule has 41 heavy (non-hydrogen) atoms. The van der Waals surface area contributed by atoms with Crippen molar-refractivity contribution in [1.82, 2.24) is 10.9 Å². The van der Waals surface area contributed by atoms with Crippen LogP contribution in [0.2, 0.25) is 0 Å². The van der Waals surface area contributed by atoms with E-state index in [1.807, 2.05) is 72.8 Å². The highest BCUT2D eigenvalue weighted by molar-refractivity contribution is 9.10. The van der Waals surface area contributed by atoms with E-state index in [9.17, 15) is 4.79 Å². The van der Waals surface area contributed by atoms with Crippen LogP contribution in [-0.2, 0) is 16.0 Å². The average Bonchev–Trinajstić information content (AvgIpc) is 3.58. The lowest BCUT2D eigenvalue weighted by molar-refractivity contribution is -0.127. The molecule has 3 N–H and O–H groups in total. The van der Waals surface area contributed by atoms with Crippen LogP contribution in [-0.4, -0.2) is 42.3 Å². The number of carbonyl (C=O) groups excluding carboxylic acids is 1. The number of hydrazine groups is 1. The molecule has 7 nitrogen and oxygen atoms in total. The summed E-state index contributed by atoms with van der Waals surface area (Å²) in [6, 6.07) is 31.5. The molecule has 8 heteroatoms. The van der Waals surface area contributed by atoms with Gasteiger partial charge in [0.15, 0.2) is 5.54 Å². The zero-order valence-electron chi connectivity index (χ0n) is 22.3. The lowest BCUT2D eigenvalue weighted by atomic mass is 9.91. The molecule has 0 radical (unpaired) electrons. The molecule has 208 valence electrons. The number of benzene rings is 4. The molecular formula is C33H30BrN3O4. The highest BCUT2D eigenvalue weighted by Gasteiger charge is 2.45. The van der Waals surface area contributed by atoms with Gasteiger partial charge in [-0.3, -0.25) is 10.2 Å². The zero-order chi connectivity index (χ0) is 28.2. The second-order valence-electron chi connectivity index (χ2n) is 10.2. The second-order valence-corrected chi connectivity index (χ2v) is 11.0. The van der Waals surface area contributed by atoms with Gasteiger partial charge in [-0.15, -0.1) is 0 Å². The SMILES string of the molecule is O=C(NNC1c2ccccc2-c2ccccc21)[C@]1(Cc2ccccc2Br)COC(c2ccc(OCCCO)cc2)=N1. The molecule has 1 heterocycles. The van der Waals surface area contributed by atoms with Crippen LogP contribution in [0.15, 0.2) is 107 Å². The molecule has 1 aliphatic heterocycles. The van der Waals surface area contributed by atoms with Gasteiger partial charge < -0.3 is 14.6 Å². The van der Waals surface area contributed by atoms with E-state index in [1.54, 1.807) is 0 Å². The summed E-state index contributed by atoms with van der Waals surface area (Å²) in [5.74, 6) is 0.832. The maximum absolute atomic E-state index is 14.0. The van der Waals surface area contributed by atoms with Crippen LogP contribution in [0.25, 0.3) is 11.1 Å². The summed E-state index contributed by atoms with van der Waals surface area (Å²) in [5, 5.41) is 8.98. The van der Waals surface area contributed by atoms with Crippen LogP contribution in [0.1, 0.15) is 34.7 Å². The zero-order valence-corrected chi connectivity index (χ0v) is 23.9. The van der Waals surface area contributed by atoms with Crippen LogP contribution < -0.4 is 15.6 Å². The third-order valence-electron chi connectivity index (χ3n) is 7.46. The Kier molecular flexibility index (Phi) is 7.87. The van der Waals surface area contributed by atoms with Gasteiger partial charge in [0, 0.05) is 29.5 Å². The smallest absolute Gasteiger partial charge is 0.266 e. The molecule has 1 amide bonds. The second kappa shape index (κ2) is 11.9. The molecule has 0 saturated heterocycles.